The number of ether oxygens (including phenoxy) is 1. The Morgan fingerprint density at radius 2 is 1.52 bits per heavy atom. The smallest absolute Gasteiger partial charge is 0.407 e. The maximum Gasteiger partial charge on any atom is 0.407 e. The topological polar surface area (TPSA) is 63.6 Å². The Balaban J connectivity index is 1.47. The Kier molecular flexibility index (Phi) is 7.79. The summed E-state index contributed by atoms with van der Waals surface area (Å²) in [5.74, 6) is -3.31. The van der Waals surface area contributed by atoms with E-state index in [-0.39, 0.29) is 44.2 Å². The molecule has 6 nitrogen and oxygen atoms in total. The van der Waals surface area contributed by atoms with Gasteiger partial charge >= 0.3 is 6.09 Å². The van der Waals surface area contributed by atoms with Crippen LogP contribution < -0.4 is 5.32 Å². The van der Waals surface area contributed by atoms with Crippen molar-refractivity contribution in [2.75, 3.05) is 13.1 Å². The van der Waals surface area contributed by atoms with Gasteiger partial charge in [0.1, 0.15) is 11.4 Å². The van der Waals surface area contributed by atoms with Crippen molar-refractivity contribution >= 4 is 22.9 Å². The Bertz CT molecular complexity index is 1610. The molecule has 0 atom stereocenters. The van der Waals surface area contributed by atoms with Gasteiger partial charge in [0.15, 0.2) is 0 Å². The molecule has 1 aliphatic rings. The van der Waals surface area contributed by atoms with E-state index in [0.29, 0.717) is 5.56 Å². The minimum absolute atomic E-state index is 0.0321. The molecule has 0 bridgehead atoms. The zero-order chi connectivity index (χ0) is 30.2. The summed E-state index contributed by atoms with van der Waals surface area (Å²) < 4.78 is 48.3. The molecular formula is C33H34F3N3O3. The van der Waals surface area contributed by atoms with Gasteiger partial charge in [0, 0.05) is 55.2 Å². The maximum absolute atomic E-state index is 13.8. The predicted octanol–water partition coefficient (Wildman–Crippen LogP) is 7.55. The number of carbonyl (C=O) groups excluding carboxylic acids is 2. The van der Waals surface area contributed by atoms with Crippen LogP contribution in [0.3, 0.4) is 0 Å². The number of halogens is 3. The SMILES string of the molecule is Cn1c(CNC(=O)OC(C)(C)C)cc2cc(-c3ccc(C(=O)N4CCC(F)(F)CC4)cc3)cc(-c3ccc(F)cc3)c21. The number of alkyl carbamates (subject to hydrolysis) is 1. The van der Waals surface area contributed by atoms with Crippen LogP contribution in [-0.4, -0.2) is 46.1 Å². The fourth-order valence-electron chi connectivity index (χ4n) is 5.25. The van der Waals surface area contributed by atoms with E-state index in [0.717, 1.165) is 38.9 Å². The van der Waals surface area contributed by atoms with E-state index in [4.69, 9.17) is 4.74 Å². The lowest BCUT2D eigenvalue weighted by atomic mass is 9.95. The number of nitrogens with zero attached hydrogens (tertiary/aromatic N) is 2. The first-order valence-electron chi connectivity index (χ1n) is 13.9. The van der Waals surface area contributed by atoms with Crippen molar-refractivity contribution in [3.63, 3.8) is 0 Å². The fraction of sp³-hybridized carbons (Fsp3) is 0.333. The molecule has 1 N–H and O–H groups in total. The number of aryl methyl sites for hydroxylation is 1. The largest absolute Gasteiger partial charge is 0.444 e. The molecule has 2 amide bonds. The normalized spacial score (nSPS) is 15.1. The second-order valence-corrected chi connectivity index (χ2v) is 11.7. The number of aromatic nitrogens is 1. The summed E-state index contributed by atoms with van der Waals surface area (Å²) in [6, 6.07) is 19.4. The number of hydrogen-bond donors (Lipinski definition) is 1. The van der Waals surface area contributed by atoms with E-state index in [2.05, 4.69) is 5.32 Å². The average Bonchev–Trinajstić information content (AvgIpc) is 3.26. The van der Waals surface area contributed by atoms with Gasteiger partial charge in [-0.2, -0.15) is 0 Å². The van der Waals surface area contributed by atoms with Crippen LogP contribution in [0.5, 0.6) is 0 Å². The van der Waals surface area contributed by atoms with Gasteiger partial charge in [-0.3, -0.25) is 4.79 Å². The molecule has 9 heteroatoms. The van der Waals surface area contributed by atoms with E-state index in [1.165, 1.54) is 17.0 Å². The van der Waals surface area contributed by atoms with Gasteiger partial charge in [0.05, 0.1) is 12.1 Å². The first-order chi connectivity index (χ1) is 19.8. The third-order valence-electron chi connectivity index (χ3n) is 7.44. The molecule has 4 aromatic rings. The molecule has 42 heavy (non-hydrogen) atoms. The molecule has 1 saturated heterocycles. The van der Waals surface area contributed by atoms with Crippen molar-refractivity contribution in [1.29, 1.82) is 0 Å². The molecule has 1 fully saturated rings. The van der Waals surface area contributed by atoms with Crippen molar-refractivity contribution in [2.45, 2.75) is 51.7 Å². The highest BCUT2D eigenvalue weighted by molar-refractivity contribution is 5.99. The van der Waals surface area contributed by atoms with E-state index in [1.54, 1.807) is 45.0 Å². The van der Waals surface area contributed by atoms with Crippen LogP contribution in [0.4, 0.5) is 18.0 Å². The summed E-state index contributed by atoms with van der Waals surface area (Å²) in [5.41, 5.74) is 5.04. The fourth-order valence-corrected chi connectivity index (χ4v) is 5.25. The first kappa shape index (κ1) is 29.2. The molecule has 220 valence electrons. The molecule has 0 radical (unpaired) electrons. The van der Waals surface area contributed by atoms with Crippen molar-refractivity contribution in [1.82, 2.24) is 14.8 Å². The highest BCUT2D eigenvalue weighted by Gasteiger charge is 2.35. The van der Waals surface area contributed by atoms with Gasteiger partial charge in [-0.25, -0.2) is 18.0 Å². The summed E-state index contributed by atoms with van der Waals surface area (Å²) in [6.07, 6.45) is -1.16. The number of amides is 2. The molecule has 2 heterocycles. The summed E-state index contributed by atoms with van der Waals surface area (Å²) in [6.45, 7) is 5.72. The van der Waals surface area contributed by atoms with Crippen molar-refractivity contribution in [2.24, 2.45) is 7.05 Å². The summed E-state index contributed by atoms with van der Waals surface area (Å²) in [5, 5.41) is 3.73. The highest BCUT2D eigenvalue weighted by atomic mass is 19.3. The van der Waals surface area contributed by atoms with E-state index >= 15 is 0 Å². The monoisotopic (exact) mass is 577 g/mol. The number of rotatable bonds is 5. The van der Waals surface area contributed by atoms with Gasteiger partial charge < -0.3 is 19.5 Å². The zero-order valence-corrected chi connectivity index (χ0v) is 24.1. The summed E-state index contributed by atoms with van der Waals surface area (Å²) in [4.78, 5) is 26.7. The van der Waals surface area contributed by atoms with Gasteiger partial charge in [-0.15, -0.1) is 0 Å². The molecule has 1 aliphatic heterocycles. The second-order valence-electron chi connectivity index (χ2n) is 11.7. The second kappa shape index (κ2) is 11.2. The Labute approximate surface area is 243 Å². The van der Waals surface area contributed by atoms with E-state index in [1.807, 2.05) is 41.9 Å². The number of fused-ring (bicyclic) bond motifs is 1. The van der Waals surface area contributed by atoms with Gasteiger partial charge in [-0.05, 0) is 79.9 Å². The Morgan fingerprint density at radius 1 is 0.905 bits per heavy atom. The maximum atomic E-state index is 13.8. The van der Waals surface area contributed by atoms with Crippen LogP contribution in [0.2, 0.25) is 0 Å². The van der Waals surface area contributed by atoms with Crippen molar-refractivity contribution in [3.8, 4) is 22.3 Å². The minimum atomic E-state index is -2.72. The molecule has 0 saturated carbocycles. The Hall–Kier alpha value is -4.27. The molecule has 0 spiro atoms. The molecule has 5 rings (SSSR count). The van der Waals surface area contributed by atoms with E-state index in [9.17, 15) is 22.8 Å². The van der Waals surface area contributed by atoms with Crippen LogP contribution in [0.25, 0.3) is 33.2 Å². The zero-order valence-electron chi connectivity index (χ0n) is 24.1. The number of piperidine rings is 1. The number of carbonyl (C=O) groups is 2. The molecule has 1 aromatic heterocycles. The average molecular weight is 578 g/mol. The molecule has 0 unspecified atom stereocenters. The minimum Gasteiger partial charge on any atom is -0.444 e. The Morgan fingerprint density at radius 3 is 2.14 bits per heavy atom. The quantitative estimate of drug-likeness (QED) is 0.267. The van der Waals surface area contributed by atoms with Crippen molar-refractivity contribution < 1.29 is 27.5 Å². The lowest BCUT2D eigenvalue weighted by Crippen LogP contribution is -2.42. The van der Waals surface area contributed by atoms with Crippen LogP contribution in [0.1, 0.15) is 49.7 Å². The predicted molar refractivity (Wildman–Crippen MR) is 157 cm³/mol. The van der Waals surface area contributed by atoms with Crippen LogP contribution in [-0.2, 0) is 18.3 Å². The summed E-state index contributed by atoms with van der Waals surface area (Å²) >= 11 is 0. The van der Waals surface area contributed by atoms with Gasteiger partial charge in [0.25, 0.3) is 11.8 Å². The number of alkyl halides is 2. The number of hydrogen-bond acceptors (Lipinski definition) is 3. The lowest BCUT2D eigenvalue weighted by Gasteiger charge is -2.31. The third kappa shape index (κ3) is 6.45. The number of benzene rings is 3. The third-order valence-corrected chi connectivity index (χ3v) is 7.44. The van der Waals surface area contributed by atoms with Gasteiger partial charge in [-0.1, -0.05) is 24.3 Å². The standard InChI is InChI=1S/C33H34F3N3O3/c1-32(2,3)42-31(41)37-20-27-18-25-17-24(19-28(29(25)38(27)4)22-9-11-26(34)12-10-22)21-5-7-23(8-6-21)30(40)39-15-13-33(35,36)14-16-39/h5-12,17-19H,13-16,20H2,1-4H3,(H,37,41). The van der Waals surface area contributed by atoms with Crippen molar-refractivity contribution in [3.05, 3.63) is 83.8 Å². The van der Waals surface area contributed by atoms with Crippen LogP contribution >= 0.6 is 0 Å². The number of nitrogens with one attached hydrogen (secondary N) is 1. The lowest BCUT2D eigenvalue weighted by molar-refractivity contribution is -0.0494. The molecule has 0 aliphatic carbocycles. The first-order valence-corrected chi connectivity index (χ1v) is 13.9. The van der Waals surface area contributed by atoms with E-state index < -0.39 is 17.6 Å². The number of likely N-dealkylation sites (tertiary alicyclic amines) is 1. The summed E-state index contributed by atoms with van der Waals surface area (Å²) in [7, 11) is 1.91. The molecule has 3 aromatic carbocycles. The van der Waals surface area contributed by atoms with Crippen LogP contribution in [0.15, 0.2) is 66.7 Å². The van der Waals surface area contributed by atoms with Gasteiger partial charge in [0.2, 0.25) is 0 Å². The molecular weight excluding hydrogens is 543 g/mol. The highest BCUT2D eigenvalue weighted by Crippen LogP contribution is 2.36. The van der Waals surface area contributed by atoms with Crippen LogP contribution in [0, 0.1) is 5.82 Å².